The van der Waals surface area contributed by atoms with Crippen LogP contribution in [0.15, 0.2) is 22.7 Å². The number of rotatable bonds is 4. The van der Waals surface area contributed by atoms with Crippen molar-refractivity contribution in [3.63, 3.8) is 0 Å². The highest BCUT2D eigenvalue weighted by Gasteiger charge is 2.09. The second kappa shape index (κ2) is 5.23. The standard InChI is InChI=1S/C10H13BrN2O2/c1-7(12)2-3-8-4-5-9(13(14)15)6-10(8)11/h4-7H,2-3,12H2,1H3. The lowest BCUT2D eigenvalue weighted by Gasteiger charge is -2.06. The summed E-state index contributed by atoms with van der Waals surface area (Å²) in [6.07, 6.45) is 1.70. The fraction of sp³-hybridized carbons (Fsp3) is 0.400. The van der Waals surface area contributed by atoms with Crippen molar-refractivity contribution in [1.29, 1.82) is 0 Å². The molecule has 0 aliphatic heterocycles. The number of nitro benzene ring substituents is 1. The van der Waals surface area contributed by atoms with Gasteiger partial charge < -0.3 is 5.73 Å². The van der Waals surface area contributed by atoms with Crippen LogP contribution in [0.1, 0.15) is 18.9 Å². The van der Waals surface area contributed by atoms with Gasteiger partial charge in [-0.2, -0.15) is 0 Å². The van der Waals surface area contributed by atoms with E-state index in [4.69, 9.17) is 5.73 Å². The average Bonchev–Trinajstić information content (AvgIpc) is 2.15. The van der Waals surface area contributed by atoms with Crippen molar-refractivity contribution in [2.75, 3.05) is 0 Å². The van der Waals surface area contributed by atoms with E-state index in [1.165, 1.54) is 12.1 Å². The summed E-state index contributed by atoms with van der Waals surface area (Å²) in [6, 6.07) is 4.95. The molecular formula is C10H13BrN2O2. The smallest absolute Gasteiger partial charge is 0.270 e. The summed E-state index contributed by atoms with van der Waals surface area (Å²) >= 11 is 3.32. The fourth-order valence-electron chi connectivity index (χ4n) is 1.24. The first-order valence-corrected chi connectivity index (χ1v) is 5.48. The van der Waals surface area contributed by atoms with Crippen LogP contribution >= 0.6 is 15.9 Å². The lowest BCUT2D eigenvalue weighted by Crippen LogP contribution is -2.15. The van der Waals surface area contributed by atoms with E-state index in [1.54, 1.807) is 6.07 Å². The molecule has 0 radical (unpaired) electrons. The number of non-ortho nitro benzene ring substituents is 1. The third-order valence-electron chi connectivity index (χ3n) is 2.12. The second-order valence-electron chi connectivity index (χ2n) is 3.55. The van der Waals surface area contributed by atoms with E-state index in [0.717, 1.165) is 22.9 Å². The Morgan fingerprint density at radius 3 is 2.73 bits per heavy atom. The number of halogens is 1. The molecule has 2 N–H and O–H groups in total. The van der Waals surface area contributed by atoms with Crippen LogP contribution in [0.2, 0.25) is 0 Å². The number of benzene rings is 1. The van der Waals surface area contributed by atoms with E-state index in [1.807, 2.05) is 6.92 Å². The lowest BCUT2D eigenvalue weighted by molar-refractivity contribution is -0.384. The zero-order valence-corrected chi connectivity index (χ0v) is 10.0. The average molecular weight is 273 g/mol. The molecule has 15 heavy (non-hydrogen) atoms. The van der Waals surface area contributed by atoms with Gasteiger partial charge in [-0.1, -0.05) is 22.0 Å². The molecule has 0 bridgehead atoms. The maximum Gasteiger partial charge on any atom is 0.270 e. The summed E-state index contributed by atoms with van der Waals surface area (Å²) in [5, 5.41) is 10.5. The van der Waals surface area contributed by atoms with Crippen LogP contribution in [0.3, 0.4) is 0 Å². The van der Waals surface area contributed by atoms with Gasteiger partial charge in [0.05, 0.1) is 4.92 Å². The molecule has 1 rings (SSSR count). The fourth-order valence-corrected chi connectivity index (χ4v) is 1.80. The van der Waals surface area contributed by atoms with Crippen molar-refractivity contribution < 1.29 is 4.92 Å². The van der Waals surface area contributed by atoms with Gasteiger partial charge >= 0.3 is 0 Å². The molecule has 1 aromatic rings. The van der Waals surface area contributed by atoms with E-state index in [2.05, 4.69) is 15.9 Å². The highest BCUT2D eigenvalue weighted by molar-refractivity contribution is 9.10. The summed E-state index contributed by atoms with van der Waals surface area (Å²) in [7, 11) is 0. The largest absolute Gasteiger partial charge is 0.328 e. The molecule has 0 spiro atoms. The molecule has 82 valence electrons. The van der Waals surface area contributed by atoms with Crippen molar-refractivity contribution in [3.05, 3.63) is 38.3 Å². The summed E-state index contributed by atoms with van der Waals surface area (Å²) in [5.74, 6) is 0. The van der Waals surface area contributed by atoms with Crippen molar-refractivity contribution in [3.8, 4) is 0 Å². The maximum absolute atomic E-state index is 10.5. The zero-order chi connectivity index (χ0) is 11.4. The molecule has 0 heterocycles. The zero-order valence-electron chi connectivity index (χ0n) is 8.44. The van der Waals surface area contributed by atoms with Gasteiger partial charge in [0, 0.05) is 22.6 Å². The Kier molecular flexibility index (Phi) is 4.23. The molecule has 0 saturated heterocycles. The Morgan fingerprint density at radius 1 is 1.60 bits per heavy atom. The SMILES string of the molecule is CC(N)CCc1ccc([N+](=O)[O-])cc1Br. The Balaban J connectivity index is 2.79. The maximum atomic E-state index is 10.5. The van der Waals surface area contributed by atoms with Gasteiger partial charge in [0.15, 0.2) is 0 Å². The minimum Gasteiger partial charge on any atom is -0.328 e. The topological polar surface area (TPSA) is 69.2 Å². The van der Waals surface area contributed by atoms with E-state index >= 15 is 0 Å². The Morgan fingerprint density at radius 2 is 2.27 bits per heavy atom. The molecule has 0 aliphatic rings. The Labute approximate surface area is 96.8 Å². The first-order chi connectivity index (χ1) is 7.00. The van der Waals surface area contributed by atoms with E-state index in [9.17, 15) is 10.1 Å². The lowest BCUT2D eigenvalue weighted by atomic mass is 10.1. The van der Waals surface area contributed by atoms with Gasteiger partial charge in [0.1, 0.15) is 0 Å². The van der Waals surface area contributed by atoms with Crippen molar-refractivity contribution in [2.45, 2.75) is 25.8 Å². The van der Waals surface area contributed by atoms with Crippen LogP contribution in [-0.4, -0.2) is 11.0 Å². The quantitative estimate of drug-likeness (QED) is 0.677. The summed E-state index contributed by atoms with van der Waals surface area (Å²) in [6.45, 7) is 1.94. The van der Waals surface area contributed by atoms with E-state index in [-0.39, 0.29) is 11.7 Å². The first kappa shape index (κ1) is 12.1. The second-order valence-corrected chi connectivity index (χ2v) is 4.40. The monoisotopic (exact) mass is 272 g/mol. The first-order valence-electron chi connectivity index (χ1n) is 4.69. The summed E-state index contributed by atoms with van der Waals surface area (Å²) < 4.78 is 0.775. The van der Waals surface area contributed by atoms with E-state index < -0.39 is 4.92 Å². The van der Waals surface area contributed by atoms with Crippen molar-refractivity contribution in [2.24, 2.45) is 5.73 Å². The van der Waals surface area contributed by atoms with Gasteiger partial charge in [0.25, 0.3) is 5.69 Å². The molecule has 0 amide bonds. The van der Waals surface area contributed by atoms with Crippen LogP contribution in [0.5, 0.6) is 0 Å². The predicted molar refractivity (Wildman–Crippen MR) is 62.8 cm³/mol. The molecule has 0 saturated carbocycles. The molecule has 1 aromatic carbocycles. The molecule has 0 aliphatic carbocycles. The number of nitro groups is 1. The van der Waals surface area contributed by atoms with Gasteiger partial charge in [-0.25, -0.2) is 0 Å². The number of hydrogen-bond acceptors (Lipinski definition) is 3. The molecule has 0 aromatic heterocycles. The van der Waals surface area contributed by atoms with Crippen LogP contribution in [0.4, 0.5) is 5.69 Å². The number of nitrogens with two attached hydrogens (primary N) is 1. The third-order valence-corrected chi connectivity index (χ3v) is 2.85. The highest BCUT2D eigenvalue weighted by atomic mass is 79.9. The van der Waals surface area contributed by atoms with Crippen LogP contribution in [0.25, 0.3) is 0 Å². The molecule has 0 fully saturated rings. The van der Waals surface area contributed by atoms with Crippen LogP contribution in [-0.2, 0) is 6.42 Å². The van der Waals surface area contributed by atoms with Crippen LogP contribution in [0, 0.1) is 10.1 Å². The van der Waals surface area contributed by atoms with Gasteiger partial charge in [0.2, 0.25) is 0 Å². The predicted octanol–water partition coefficient (Wildman–Crippen LogP) is 2.64. The molecule has 4 nitrogen and oxygen atoms in total. The Bertz CT molecular complexity index is 366. The van der Waals surface area contributed by atoms with Crippen molar-refractivity contribution in [1.82, 2.24) is 0 Å². The number of nitrogens with zero attached hydrogens (tertiary/aromatic N) is 1. The molecule has 1 unspecified atom stereocenters. The third kappa shape index (κ3) is 3.60. The van der Waals surface area contributed by atoms with Crippen molar-refractivity contribution >= 4 is 21.6 Å². The highest BCUT2D eigenvalue weighted by Crippen LogP contribution is 2.24. The molecule has 5 heteroatoms. The minimum absolute atomic E-state index is 0.103. The van der Waals surface area contributed by atoms with Gasteiger partial charge in [-0.15, -0.1) is 0 Å². The summed E-state index contributed by atoms with van der Waals surface area (Å²) in [4.78, 5) is 10.1. The normalized spacial score (nSPS) is 12.5. The van der Waals surface area contributed by atoms with Crippen LogP contribution < -0.4 is 5.73 Å². The number of hydrogen-bond donors (Lipinski definition) is 1. The Hall–Kier alpha value is -0.940. The minimum atomic E-state index is -0.403. The molecule has 1 atom stereocenters. The molecular weight excluding hydrogens is 260 g/mol. The van der Waals surface area contributed by atoms with Gasteiger partial charge in [-0.3, -0.25) is 10.1 Å². The van der Waals surface area contributed by atoms with E-state index in [0.29, 0.717) is 0 Å². The van der Waals surface area contributed by atoms with Gasteiger partial charge in [-0.05, 0) is 25.3 Å². The number of aryl methyl sites for hydroxylation is 1. The summed E-state index contributed by atoms with van der Waals surface area (Å²) in [5.41, 5.74) is 6.80.